The third kappa shape index (κ3) is 4.36. The predicted molar refractivity (Wildman–Crippen MR) is 91.0 cm³/mol. The number of hydrogen-bond acceptors (Lipinski definition) is 4. The van der Waals surface area contributed by atoms with Gasteiger partial charge in [-0.25, -0.2) is 4.79 Å². The third-order valence-electron chi connectivity index (χ3n) is 4.65. The van der Waals surface area contributed by atoms with Crippen molar-refractivity contribution in [2.75, 3.05) is 6.54 Å². The Morgan fingerprint density at radius 3 is 2.40 bits per heavy atom. The van der Waals surface area contributed by atoms with Crippen LogP contribution in [-0.4, -0.2) is 57.6 Å². The Labute approximate surface area is 146 Å². The van der Waals surface area contributed by atoms with Gasteiger partial charge in [0.05, 0.1) is 6.10 Å². The number of carboxylic acids is 1. The molecular formula is C18H24N2O5. The number of rotatable bonds is 5. The van der Waals surface area contributed by atoms with Crippen LogP contribution in [0.25, 0.3) is 0 Å². The lowest BCUT2D eigenvalue weighted by Gasteiger charge is -2.24. The van der Waals surface area contributed by atoms with E-state index in [1.807, 2.05) is 32.0 Å². The highest BCUT2D eigenvalue weighted by molar-refractivity contribution is 5.90. The number of nitrogens with zero attached hydrogens (tertiary/aromatic N) is 1. The minimum atomic E-state index is -1.14. The summed E-state index contributed by atoms with van der Waals surface area (Å²) >= 11 is 0. The summed E-state index contributed by atoms with van der Waals surface area (Å²) in [6, 6.07) is 3.75. The molecule has 1 aromatic carbocycles. The number of aliphatic hydroxyl groups is 1. The lowest BCUT2D eigenvalue weighted by molar-refractivity contribution is -0.143. The zero-order valence-corrected chi connectivity index (χ0v) is 14.7. The molecule has 1 heterocycles. The SMILES string of the molecule is CC(=O)N1C[C@H](O)C[C@H]1C(=O)N[C@H](Cc1c(C)cccc1C)C(=O)O. The number of aryl methyl sites for hydroxylation is 2. The minimum absolute atomic E-state index is 0.0854. The van der Waals surface area contributed by atoms with Crippen LogP contribution in [0, 0.1) is 13.8 Å². The number of aliphatic hydroxyl groups excluding tert-OH is 1. The van der Waals surface area contributed by atoms with E-state index in [9.17, 15) is 24.6 Å². The number of likely N-dealkylation sites (tertiary alicyclic amines) is 1. The zero-order valence-electron chi connectivity index (χ0n) is 14.7. The van der Waals surface area contributed by atoms with E-state index in [0.29, 0.717) is 0 Å². The average Bonchev–Trinajstić information content (AvgIpc) is 2.92. The molecule has 25 heavy (non-hydrogen) atoms. The minimum Gasteiger partial charge on any atom is -0.480 e. The van der Waals surface area contributed by atoms with Gasteiger partial charge in [0.15, 0.2) is 0 Å². The highest BCUT2D eigenvalue weighted by atomic mass is 16.4. The first-order valence-corrected chi connectivity index (χ1v) is 8.24. The van der Waals surface area contributed by atoms with Gasteiger partial charge >= 0.3 is 5.97 Å². The second-order valence-electron chi connectivity index (χ2n) is 6.55. The highest BCUT2D eigenvalue weighted by Crippen LogP contribution is 2.19. The second-order valence-corrected chi connectivity index (χ2v) is 6.55. The molecule has 0 unspecified atom stereocenters. The molecule has 2 amide bonds. The van der Waals surface area contributed by atoms with Crippen LogP contribution in [0.4, 0.5) is 0 Å². The van der Waals surface area contributed by atoms with Crippen molar-refractivity contribution in [2.45, 2.75) is 51.8 Å². The molecule has 3 N–H and O–H groups in total. The molecule has 0 aromatic heterocycles. The summed E-state index contributed by atoms with van der Waals surface area (Å²) in [4.78, 5) is 37.0. The molecule has 1 fully saturated rings. The average molecular weight is 348 g/mol. The number of carboxylic acid groups (broad SMARTS) is 1. The quantitative estimate of drug-likeness (QED) is 0.714. The molecule has 2 rings (SSSR count). The molecule has 0 saturated carbocycles. The molecule has 0 spiro atoms. The summed E-state index contributed by atoms with van der Waals surface area (Å²) in [6.07, 6.45) is -0.502. The number of hydrogen-bond donors (Lipinski definition) is 3. The molecule has 0 bridgehead atoms. The molecule has 7 heteroatoms. The summed E-state index contributed by atoms with van der Waals surface area (Å²) in [7, 11) is 0. The number of carbonyl (C=O) groups excluding carboxylic acids is 2. The van der Waals surface area contributed by atoms with E-state index in [1.54, 1.807) is 0 Å². The molecule has 136 valence electrons. The fraction of sp³-hybridized carbons (Fsp3) is 0.500. The number of carbonyl (C=O) groups is 3. The topological polar surface area (TPSA) is 107 Å². The maximum absolute atomic E-state index is 12.5. The summed E-state index contributed by atoms with van der Waals surface area (Å²) in [6.45, 7) is 5.20. The molecule has 0 radical (unpaired) electrons. The van der Waals surface area contributed by atoms with Crippen molar-refractivity contribution < 1.29 is 24.6 Å². The van der Waals surface area contributed by atoms with Gasteiger partial charge in [-0.2, -0.15) is 0 Å². The predicted octanol–water partition coefficient (Wildman–Crippen LogP) is 0.397. The van der Waals surface area contributed by atoms with Crippen LogP contribution in [0.5, 0.6) is 0 Å². The van der Waals surface area contributed by atoms with E-state index in [0.717, 1.165) is 16.7 Å². The van der Waals surface area contributed by atoms with Gasteiger partial charge in [0.2, 0.25) is 11.8 Å². The molecule has 7 nitrogen and oxygen atoms in total. The van der Waals surface area contributed by atoms with E-state index in [1.165, 1.54) is 11.8 Å². The molecule has 1 aliphatic heterocycles. The summed E-state index contributed by atoms with van der Waals surface area (Å²) in [5.41, 5.74) is 2.80. The van der Waals surface area contributed by atoms with E-state index in [4.69, 9.17) is 0 Å². The Kier molecular flexibility index (Phi) is 5.79. The van der Waals surface area contributed by atoms with Gasteiger partial charge in [0, 0.05) is 26.3 Å². The molecule has 0 aliphatic carbocycles. The lowest BCUT2D eigenvalue weighted by Crippen LogP contribution is -2.51. The third-order valence-corrected chi connectivity index (χ3v) is 4.65. The molecule has 1 aromatic rings. The number of benzene rings is 1. The normalized spacial score (nSPS) is 21.0. The Hall–Kier alpha value is -2.41. The van der Waals surface area contributed by atoms with Crippen LogP contribution in [0.2, 0.25) is 0 Å². The van der Waals surface area contributed by atoms with Gasteiger partial charge in [0.25, 0.3) is 0 Å². The monoisotopic (exact) mass is 348 g/mol. The van der Waals surface area contributed by atoms with Crippen molar-refractivity contribution in [1.29, 1.82) is 0 Å². The van der Waals surface area contributed by atoms with E-state index in [-0.39, 0.29) is 25.3 Å². The fourth-order valence-corrected chi connectivity index (χ4v) is 3.25. The van der Waals surface area contributed by atoms with Crippen molar-refractivity contribution >= 4 is 17.8 Å². The van der Waals surface area contributed by atoms with Crippen molar-refractivity contribution in [3.05, 3.63) is 34.9 Å². The van der Waals surface area contributed by atoms with Gasteiger partial charge in [0.1, 0.15) is 12.1 Å². The Morgan fingerprint density at radius 1 is 1.28 bits per heavy atom. The van der Waals surface area contributed by atoms with Crippen LogP contribution in [0.1, 0.15) is 30.0 Å². The maximum Gasteiger partial charge on any atom is 0.326 e. The summed E-state index contributed by atoms with van der Waals surface area (Å²) in [5, 5.41) is 21.7. The first kappa shape index (κ1) is 18.9. The van der Waals surface area contributed by atoms with Crippen LogP contribution < -0.4 is 5.32 Å². The van der Waals surface area contributed by atoms with Crippen LogP contribution in [0.3, 0.4) is 0 Å². The zero-order chi connectivity index (χ0) is 18.7. The van der Waals surface area contributed by atoms with E-state index >= 15 is 0 Å². The second kappa shape index (κ2) is 7.65. The molecule has 1 aliphatic rings. The van der Waals surface area contributed by atoms with Crippen molar-refractivity contribution in [3.8, 4) is 0 Å². The Balaban J connectivity index is 2.15. The smallest absolute Gasteiger partial charge is 0.326 e. The standard InChI is InChI=1S/C18H24N2O5/c1-10-5-4-6-11(2)14(10)8-15(18(24)25)19-17(23)16-7-13(22)9-20(16)12(3)21/h4-6,13,15-16,22H,7-9H2,1-3H3,(H,19,23)(H,24,25)/t13-,15-,16+/m1/s1. The summed E-state index contributed by atoms with van der Waals surface area (Å²) < 4.78 is 0. The first-order chi connectivity index (χ1) is 11.7. The van der Waals surface area contributed by atoms with E-state index in [2.05, 4.69) is 5.32 Å². The molecular weight excluding hydrogens is 324 g/mol. The number of nitrogens with one attached hydrogen (secondary N) is 1. The van der Waals surface area contributed by atoms with Crippen LogP contribution >= 0.6 is 0 Å². The van der Waals surface area contributed by atoms with Gasteiger partial charge < -0.3 is 20.4 Å². The van der Waals surface area contributed by atoms with Crippen molar-refractivity contribution in [3.63, 3.8) is 0 Å². The number of β-amino-alcohol motifs (C(OH)–C–C–N with tert-alkyl or cyclic N) is 1. The van der Waals surface area contributed by atoms with Gasteiger partial charge in [-0.1, -0.05) is 18.2 Å². The maximum atomic E-state index is 12.5. The van der Waals surface area contributed by atoms with Gasteiger partial charge in [-0.05, 0) is 30.5 Å². The van der Waals surface area contributed by atoms with Gasteiger partial charge in [-0.15, -0.1) is 0 Å². The number of amides is 2. The highest BCUT2D eigenvalue weighted by Gasteiger charge is 2.38. The van der Waals surface area contributed by atoms with Gasteiger partial charge in [-0.3, -0.25) is 9.59 Å². The fourth-order valence-electron chi connectivity index (χ4n) is 3.25. The lowest BCUT2D eigenvalue weighted by atomic mass is 9.96. The Bertz CT molecular complexity index is 668. The molecule has 1 saturated heterocycles. The molecule has 3 atom stereocenters. The largest absolute Gasteiger partial charge is 0.480 e. The van der Waals surface area contributed by atoms with Crippen molar-refractivity contribution in [1.82, 2.24) is 10.2 Å². The van der Waals surface area contributed by atoms with Crippen molar-refractivity contribution in [2.24, 2.45) is 0 Å². The van der Waals surface area contributed by atoms with Crippen LogP contribution in [0.15, 0.2) is 18.2 Å². The first-order valence-electron chi connectivity index (χ1n) is 8.24. The summed E-state index contributed by atoms with van der Waals surface area (Å²) in [5.74, 6) is -2.01. The van der Waals surface area contributed by atoms with Crippen LogP contribution in [-0.2, 0) is 20.8 Å². The Morgan fingerprint density at radius 2 is 1.88 bits per heavy atom. The number of aliphatic carboxylic acids is 1. The van der Waals surface area contributed by atoms with E-state index < -0.39 is 30.1 Å².